The first-order chi connectivity index (χ1) is 9.20. The highest BCUT2D eigenvalue weighted by Crippen LogP contribution is 2.39. The lowest BCUT2D eigenvalue weighted by atomic mass is 9.96. The Morgan fingerprint density at radius 1 is 0.900 bits per heavy atom. The van der Waals surface area contributed by atoms with Crippen LogP contribution in [0, 0.1) is 5.92 Å². The molecule has 0 aliphatic rings. The van der Waals surface area contributed by atoms with E-state index in [4.69, 9.17) is 0 Å². The van der Waals surface area contributed by atoms with Crippen LogP contribution < -0.4 is 0 Å². The van der Waals surface area contributed by atoms with Crippen molar-refractivity contribution >= 4 is 0 Å². The fraction of sp³-hybridized carbons (Fsp3) is 0.867. The number of hydrogen-bond donors (Lipinski definition) is 0. The third-order valence-corrected chi connectivity index (χ3v) is 3.46. The molecule has 0 N–H and O–H groups in total. The van der Waals surface area contributed by atoms with E-state index in [1.165, 1.54) is 0 Å². The molecule has 120 valence electrons. The summed E-state index contributed by atoms with van der Waals surface area (Å²) < 4.78 is 61.2. The molecule has 0 spiro atoms. The smallest absolute Gasteiger partial charge is 0.196 e. The first-order valence-corrected chi connectivity index (χ1v) is 7.26. The Kier molecular flexibility index (Phi) is 9.06. The predicted octanol–water partition coefficient (Wildman–Crippen LogP) is 6.52. The van der Waals surface area contributed by atoms with E-state index in [1.54, 1.807) is 0 Å². The topological polar surface area (TPSA) is 0 Å². The molecule has 0 rings (SSSR count). The van der Waals surface area contributed by atoms with E-state index in [0.29, 0.717) is 6.42 Å². The fourth-order valence-corrected chi connectivity index (χ4v) is 2.09. The summed E-state index contributed by atoms with van der Waals surface area (Å²) >= 11 is 0. The Morgan fingerprint density at radius 2 is 1.45 bits per heavy atom. The van der Waals surface area contributed by atoms with Gasteiger partial charge in [-0.3, -0.25) is 0 Å². The van der Waals surface area contributed by atoms with Crippen LogP contribution in [0.15, 0.2) is 12.7 Å². The summed E-state index contributed by atoms with van der Waals surface area (Å²) in [5.41, 5.74) is 0. The molecule has 0 fully saturated rings. The molecule has 0 nitrogen and oxygen atoms in total. The van der Waals surface area contributed by atoms with E-state index in [0.717, 1.165) is 38.5 Å². The Hall–Kier alpha value is -0.610. The average molecular weight is 300 g/mol. The Labute approximate surface area is 118 Å². The molecule has 5 heteroatoms. The molecule has 0 saturated carbocycles. The van der Waals surface area contributed by atoms with Gasteiger partial charge in [-0.15, -0.1) is 6.58 Å². The lowest BCUT2D eigenvalue weighted by Gasteiger charge is -2.20. The van der Waals surface area contributed by atoms with E-state index >= 15 is 0 Å². The molecular formula is C15H25F5. The van der Waals surface area contributed by atoms with E-state index in [9.17, 15) is 22.0 Å². The van der Waals surface area contributed by atoms with Gasteiger partial charge in [-0.25, -0.2) is 0 Å². The Bertz CT molecular complexity index is 257. The number of hydrogen-bond acceptors (Lipinski definition) is 0. The maximum absolute atomic E-state index is 12.7. The van der Waals surface area contributed by atoms with Crippen LogP contribution in [0.5, 0.6) is 0 Å². The minimum atomic E-state index is -5.42. The molecule has 0 aromatic carbocycles. The molecule has 0 aromatic rings. The maximum Gasteiger partial charge on any atom is 0.453 e. The number of halogens is 5. The van der Waals surface area contributed by atoms with E-state index in [-0.39, 0.29) is 12.3 Å². The standard InChI is InChI=1S/C15H25F5/c1-3-4-5-6-7-8-10-13(2)11-9-12-14(16,17)15(18,19)20/h3,13H,1,4-12H2,2H3. The van der Waals surface area contributed by atoms with Crippen molar-refractivity contribution in [1.82, 2.24) is 0 Å². The second-order valence-electron chi connectivity index (χ2n) is 5.48. The van der Waals surface area contributed by atoms with Crippen molar-refractivity contribution < 1.29 is 22.0 Å². The van der Waals surface area contributed by atoms with Gasteiger partial charge >= 0.3 is 12.1 Å². The van der Waals surface area contributed by atoms with Crippen LogP contribution in [0.25, 0.3) is 0 Å². The second-order valence-corrected chi connectivity index (χ2v) is 5.48. The van der Waals surface area contributed by atoms with Crippen molar-refractivity contribution in [1.29, 1.82) is 0 Å². The van der Waals surface area contributed by atoms with Gasteiger partial charge < -0.3 is 0 Å². The van der Waals surface area contributed by atoms with E-state index in [1.807, 2.05) is 13.0 Å². The van der Waals surface area contributed by atoms with Gasteiger partial charge in [0.2, 0.25) is 0 Å². The van der Waals surface area contributed by atoms with Crippen molar-refractivity contribution in [2.45, 2.75) is 76.8 Å². The summed E-state index contributed by atoms with van der Waals surface area (Å²) in [5.74, 6) is -4.34. The SMILES string of the molecule is C=CCCCCCCC(C)CCCC(F)(F)C(F)(F)F. The summed E-state index contributed by atoms with van der Waals surface area (Å²) in [6, 6.07) is 0. The van der Waals surface area contributed by atoms with Crippen LogP contribution in [0.2, 0.25) is 0 Å². The van der Waals surface area contributed by atoms with Crippen LogP contribution >= 0.6 is 0 Å². The molecular weight excluding hydrogens is 275 g/mol. The molecule has 20 heavy (non-hydrogen) atoms. The van der Waals surface area contributed by atoms with Crippen molar-refractivity contribution in [3.05, 3.63) is 12.7 Å². The molecule has 0 aliphatic heterocycles. The molecule has 0 radical (unpaired) electrons. The number of unbranched alkanes of at least 4 members (excludes halogenated alkanes) is 4. The van der Waals surface area contributed by atoms with Crippen molar-refractivity contribution in [3.63, 3.8) is 0 Å². The van der Waals surface area contributed by atoms with E-state index in [2.05, 4.69) is 6.58 Å². The van der Waals surface area contributed by atoms with Gasteiger partial charge in [0.05, 0.1) is 0 Å². The Morgan fingerprint density at radius 3 is 2.00 bits per heavy atom. The number of rotatable bonds is 11. The van der Waals surface area contributed by atoms with Gasteiger partial charge in [0.15, 0.2) is 0 Å². The first-order valence-electron chi connectivity index (χ1n) is 7.26. The minimum Gasteiger partial charge on any atom is -0.196 e. The molecule has 0 aliphatic carbocycles. The Balaban J connectivity index is 3.63. The minimum absolute atomic E-state index is 0.0792. The van der Waals surface area contributed by atoms with Crippen molar-refractivity contribution in [2.24, 2.45) is 5.92 Å². The summed E-state index contributed by atoms with van der Waals surface area (Å²) in [7, 11) is 0. The van der Waals surface area contributed by atoms with Crippen LogP contribution in [0.4, 0.5) is 22.0 Å². The van der Waals surface area contributed by atoms with Crippen molar-refractivity contribution in [2.75, 3.05) is 0 Å². The number of alkyl halides is 5. The van der Waals surface area contributed by atoms with Crippen LogP contribution in [-0.4, -0.2) is 12.1 Å². The van der Waals surface area contributed by atoms with Gasteiger partial charge in [-0.2, -0.15) is 22.0 Å². The lowest BCUT2D eigenvalue weighted by Crippen LogP contribution is -2.36. The zero-order valence-electron chi connectivity index (χ0n) is 12.1. The molecule has 0 amide bonds. The molecule has 0 aromatic heterocycles. The summed E-state index contributed by atoms with van der Waals surface area (Å²) in [4.78, 5) is 0. The highest BCUT2D eigenvalue weighted by atomic mass is 19.4. The van der Waals surface area contributed by atoms with Crippen molar-refractivity contribution in [3.8, 4) is 0 Å². The largest absolute Gasteiger partial charge is 0.453 e. The average Bonchev–Trinajstić information content (AvgIpc) is 2.32. The summed E-state index contributed by atoms with van der Waals surface area (Å²) in [6.45, 7) is 5.55. The van der Waals surface area contributed by atoms with Crippen LogP contribution in [0.1, 0.15) is 64.7 Å². The van der Waals surface area contributed by atoms with Gasteiger partial charge in [0.1, 0.15) is 0 Å². The predicted molar refractivity (Wildman–Crippen MR) is 71.9 cm³/mol. The van der Waals surface area contributed by atoms with Crippen LogP contribution in [0.3, 0.4) is 0 Å². The normalized spacial score (nSPS) is 14.3. The zero-order valence-corrected chi connectivity index (χ0v) is 12.1. The molecule has 0 heterocycles. The summed E-state index contributed by atoms with van der Waals surface area (Å²) in [5, 5.41) is 0. The van der Waals surface area contributed by atoms with Gasteiger partial charge in [-0.05, 0) is 25.2 Å². The third kappa shape index (κ3) is 8.54. The monoisotopic (exact) mass is 300 g/mol. The molecule has 0 saturated heterocycles. The fourth-order valence-electron chi connectivity index (χ4n) is 2.09. The molecule has 0 bridgehead atoms. The molecule has 1 atom stereocenters. The lowest BCUT2D eigenvalue weighted by molar-refractivity contribution is -0.284. The first kappa shape index (κ1) is 19.4. The third-order valence-electron chi connectivity index (χ3n) is 3.46. The highest BCUT2D eigenvalue weighted by Gasteiger charge is 2.56. The molecule has 1 unspecified atom stereocenters. The number of allylic oxidation sites excluding steroid dienone is 1. The summed E-state index contributed by atoms with van der Waals surface area (Å²) in [6.07, 6.45) is 1.92. The van der Waals surface area contributed by atoms with Gasteiger partial charge in [0, 0.05) is 6.42 Å². The van der Waals surface area contributed by atoms with Gasteiger partial charge in [0.25, 0.3) is 0 Å². The van der Waals surface area contributed by atoms with E-state index < -0.39 is 18.5 Å². The highest BCUT2D eigenvalue weighted by molar-refractivity contribution is 4.75. The van der Waals surface area contributed by atoms with Crippen LogP contribution in [-0.2, 0) is 0 Å². The van der Waals surface area contributed by atoms with Gasteiger partial charge in [-0.1, -0.05) is 45.1 Å². The quantitative estimate of drug-likeness (QED) is 0.231. The maximum atomic E-state index is 12.7. The zero-order chi connectivity index (χ0) is 15.6. The second kappa shape index (κ2) is 9.35.